The van der Waals surface area contributed by atoms with E-state index in [1.54, 1.807) is 33.1 Å². The average Bonchev–Trinajstić information content (AvgIpc) is 3.44. The number of hydrogen-bond donors (Lipinski definition) is 2. The minimum absolute atomic E-state index is 0. The number of hydrogen-bond acceptors (Lipinski definition) is 6. The van der Waals surface area contributed by atoms with Gasteiger partial charge >= 0.3 is 0 Å². The predicted molar refractivity (Wildman–Crippen MR) is 168 cm³/mol. The molecule has 2 atom stereocenters. The molecular formula is C31H55ClN2O4S. The fraction of sp³-hybridized carbons (Fsp3) is 0.774. The monoisotopic (exact) mass is 586 g/mol. The molecule has 0 radical (unpaired) electrons. The molecule has 1 aliphatic rings. The summed E-state index contributed by atoms with van der Waals surface area (Å²) in [5, 5.41) is 6.59. The third kappa shape index (κ3) is 13.7. The number of carbonyl (C=O) groups excluding carboxylic acids is 1. The normalized spacial score (nSPS) is 16.5. The van der Waals surface area contributed by atoms with Crippen LogP contribution in [-0.2, 0) is 4.79 Å². The Hall–Kier alpha value is -1.31. The van der Waals surface area contributed by atoms with Gasteiger partial charge in [0.05, 0.1) is 32.7 Å². The first-order valence-corrected chi connectivity index (χ1v) is 16.1. The van der Waals surface area contributed by atoms with Gasteiger partial charge in [0.1, 0.15) is 0 Å². The smallest absolute Gasteiger partial charge is 0.238 e. The van der Waals surface area contributed by atoms with Crippen LogP contribution in [0.5, 0.6) is 17.2 Å². The van der Waals surface area contributed by atoms with Crippen LogP contribution in [0.3, 0.4) is 0 Å². The highest BCUT2D eigenvalue weighted by Crippen LogP contribution is 2.43. The lowest BCUT2D eigenvalue weighted by Crippen LogP contribution is -2.42. The van der Waals surface area contributed by atoms with Crippen LogP contribution < -0.4 is 24.8 Å². The number of rotatable bonds is 22. The largest absolute Gasteiger partial charge is 0.493 e. The van der Waals surface area contributed by atoms with Gasteiger partial charge in [-0.25, -0.2) is 0 Å². The molecule has 0 bridgehead atoms. The van der Waals surface area contributed by atoms with Crippen molar-refractivity contribution in [2.75, 3.05) is 33.6 Å². The molecule has 1 amide bonds. The number of benzene rings is 1. The van der Waals surface area contributed by atoms with E-state index in [1.807, 2.05) is 12.1 Å². The van der Waals surface area contributed by atoms with E-state index in [0.29, 0.717) is 17.2 Å². The molecular weight excluding hydrogens is 532 g/mol. The van der Waals surface area contributed by atoms with Crippen molar-refractivity contribution in [2.45, 2.75) is 121 Å². The van der Waals surface area contributed by atoms with E-state index in [-0.39, 0.29) is 29.7 Å². The number of methoxy groups -OCH3 is 3. The summed E-state index contributed by atoms with van der Waals surface area (Å²) in [6.45, 7) is 3.04. The Bertz CT molecular complexity index is 758. The summed E-state index contributed by atoms with van der Waals surface area (Å²) in [7, 11) is 4.83. The van der Waals surface area contributed by atoms with Gasteiger partial charge in [-0.2, -0.15) is 0 Å². The molecule has 1 saturated heterocycles. The summed E-state index contributed by atoms with van der Waals surface area (Å²) in [6, 6.07) is 3.70. The van der Waals surface area contributed by atoms with E-state index in [0.717, 1.165) is 24.3 Å². The topological polar surface area (TPSA) is 68.8 Å². The highest BCUT2D eigenvalue weighted by molar-refractivity contribution is 7.99. The zero-order chi connectivity index (χ0) is 27.4. The summed E-state index contributed by atoms with van der Waals surface area (Å²) < 4.78 is 16.4. The van der Waals surface area contributed by atoms with E-state index in [9.17, 15) is 4.79 Å². The van der Waals surface area contributed by atoms with Gasteiger partial charge < -0.3 is 19.5 Å². The first-order chi connectivity index (χ1) is 18.6. The van der Waals surface area contributed by atoms with Crippen molar-refractivity contribution in [3.63, 3.8) is 0 Å². The number of ether oxygens (including phenoxy) is 3. The van der Waals surface area contributed by atoms with E-state index in [1.165, 1.54) is 96.3 Å². The van der Waals surface area contributed by atoms with E-state index >= 15 is 0 Å². The number of unbranched alkanes of at least 4 members (excludes halogenated alkanes) is 15. The highest BCUT2D eigenvalue weighted by atomic mass is 35.5. The van der Waals surface area contributed by atoms with Gasteiger partial charge in [0, 0.05) is 12.3 Å². The van der Waals surface area contributed by atoms with Gasteiger partial charge in [-0.3, -0.25) is 10.1 Å². The van der Waals surface area contributed by atoms with Crippen LogP contribution in [0.15, 0.2) is 12.1 Å². The van der Waals surface area contributed by atoms with Gasteiger partial charge in [-0.05, 0) is 24.1 Å². The molecule has 226 valence electrons. The zero-order valence-corrected chi connectivity index (χ0v) is 26.6. The van der Waals surface area contributed by atoms with Crippen LogP contribution in [0, 0.1) is 0 Å². The minimum Gasteiger partial charge on any atom is -0.493 e. The molecule has 1 aromatic rings. The van der Waals surface area contributed by atoms with Crippen LogP contribution in [-0.4, -0.2) is 45.6 Å². The standard InChI is InChI=1S/C31H54N2O4S.ClH/c1-5-6-7-8-9-10-11-12-13-14-15-16-17-18-19-20-21-32-30(34)26-24-38-31(33-26)25-22-27(35-2)29(37-4)28(23-25)36-3;/h22-23,26,31,33H,5-21,24H2,1-4H3,(H,32,34);1H/t26-,31?;/m0./s1. The van der Waals surface area contributed by atoms with Gasteiger partial charge in [-0.15, -0.1) is 24.2 Å². The fourth-order valence-corrected chi connectivity index (χ4v) is 6.30. The van der Waals surface area contributed by atoms with Crippen LogP contribution in [0.1, 0.15) is 121 Å². The van der Waals surface area contributed by atoms with Crippen LogP contribution >= 0.6 is 24.2 Å². The molecule has 8 heteroatoms. The molecule has 0 aliphatic carbocycles. The molecule has 2 N–H and O–H groups in total. The Labute approximate surface area is 248 Å². The second-order valence-electron chi connectivity index (χ2n) is 10.5. The predicted octanol–water partition coefficient (Wildman–Crippen LogP) is 8.22. The van der Waals surface area contributed by atoms with E-state index < -0.39 is 0 Å². The Morgan fingerprint density at radius 2 is 1.26 bits per heavy atom. The first kappa shape index (κ1) is 35.7. The lowest BCUT2D eigenvalue weighted by molar-refractivity contribution is -0.122. The van der Waals surface area contributed by atoms with Crippen molar-refractivity contribution in [1.29, 1.82) is 0 Å². The molecule has 1 unspecified atom stereocenters. The van der Waals surface area contributed by atoms with Gasteiger partial charge in [0.25, 0.3) is 0 Å². The van der Waals surface area contributed by atoms with Crippen LogP contribution in [0.2, 0.25) is 0 Å². The fourth-order valence-electron chi connectivity index (χ4n) is 5.08. The number of amides is 1. The summed E-state index contributed by atoms with van der Waals surface area (Å²) >= 11 is 1.73. The Kier molecular flexibility index (Phi) is 20.5. The van der Waals surface area contributed by atoms with Crippen LogP contribution in [0.25, 0.3) is 0 Å². The molecule has 1 aromatic carbocycles. The quantitative estimate of drug-likeness (QED) is 0.133. The second kappa shape index (κ2) is 22.4. The lowest BCUT2D eigenvalue weighted by Gasteiger charge is -2.18. The van der Waals surface area contributed by atoms with Crippen molar-refractivity contribution in [3.05, 3.63) is 17.7 Å². The third-order valence-corrected chi connectivity index (χ3v) is 8.69. The van der Waals surface area contributed by atoms with Crippen molar-refractivity contribution in [1.82, 2.24) is 10.6 Å². The molecule has 6 nitrogen and oxygen atoms in total. The average molecular weight is 587 g/mol. The lowest BCUT2D eigenvalue weighted by atomic mass is 10.0. The van der Waals surface area contributed by atoms with Gasteiger partial charge in [-0.1, -0.05) is 103 Å². The molecule has 0 aromatic heterocycles. The van der Waals surface area contributed by atoms with Crippen LogP contribution in [0.4, 0.5) is 0 Å². The Morgan fingerprint density at radius 3 is 1.69 bits per heavy atom. The molecule has 1 heterocycles. The third-order valence-electron chi connectivity index (χ3n) is 7.42. The molecule has 0 spiro atoms. The molecule has 1 aliphatic heterocycles. The zero-order valence-electron chi connectivity index (χ0n) is 25.0. The number of carbonyl (C=O) groups is 1. The molecule has 0 saturated carbocycles. The number of nitrogens with one attached hydrogen (secondary N) is 2. The summed E-state index contributed by atoms with van der Waals surface area (Å²) in [6.07, 6.45) is 21.7. The molecule has 2 rings (SSSR count). The number of halogens is 1. The summed E-state index contributed by atoms with van der Waals surface area (Å²) in [5.74, 6) is 2.66. The minimum atomic E-state index is -0.190. The highest BCUT2D eigenvalue weighted by Gasteiger charge is 2.31. The maximum atomic E-state index is 12.7. The van der Waals surface area contributed by atoms with Crippen molar-refractivity contribution < 1.29 is 19.0 Å². The Morgan fingerprint density at radius 1 is 0.795 bits per heavy atom. The first-order valence-electron chi connectivity index (χ1n) is 15.1. The second-order valence-corrected chi connectivity index (χ2v) is 11.6. The van der Waals surface area contributed by atoms with E-state index in [2.05, 4.69) is 17.6 Å². The summed E-state index contributed by atoms with van der Waals surface area (Å²) in [5.41, 5.74) is 1.01. The number of thioether (sulfide) groups is 1. The van der Waals surface area contributed by atoms with Gasteiger partial charge in [0.15, 0.2) is 11.5 Å². The Balaban J connectivity index is 0.00000760. The van der Waals surface area contributed by atoms with Gasteiger partial charge in [0.2, 0.25) is 11.7 Å². The maximum absolute atomic E-state index is 12.7. The van der Waals surface area contributed by atoms with Crippen molar-refractivity contribution in [2.24, 2.45) is 0 Å². The maximum Gasteiger partial charge on any atom is 0.238 e. The molecule has 1 fully saturated rings. The molecule has 39 heavy (non-hydrogen) atoms. The van der Waals surface area contributed by atoms with E-state index in [4.69, 9.17) is 14.2 Å². The van der Waals surface area contributed by atoms with Crippen molar-refractivity contribution in [3.8, 4) is 17.2 Å². The SMILES string of the molecule is CCCCCCCCCCCCCCCCCCNC(=O)[C@@H]1CSC(c2cc(OC)c(OC)c(OC)c2)N1.Cl. The summed E-state index contributed by atoms with van der Waals surface area (Å²) in [4.78, 5) is 12.7. The van der Waals surface area contributed by atoms with Crippen molar-refractivity contribution >= 4 is 30.1 Å².